The normalized spacial score (nSPS) is 14.6. The van der Waals surface area contributed by atoms with Crippen LogP contribution in [0.1, 0.15) is 10.4 Å². The van der Waals surface area contributed by atoms with Crippen LogP contribution in [0.2, 0.25) is 0 Å². The lowest BCUT2D eigenvalue weighted by molar-refractivity contribution is -0.274. The largest absolute Gasteiger partial charge is 0.573 e. The Hall–Kier alpha value is -3.86. The highest BCUT2D eigenvalue weighted by Gasteiger charge is 2.31. The maximum atomic E-state index is 12.8. The van der Waals surface area contributed by atoms with Crippen molar-refractivity contribution >= 4 is 17.5 Å². The maximum absolute atomic E-state index is 12.8. The number of nitrogens with one attached hydrogen (secondary N) is 1. The highest BCUT2D eigenvalue weighted by molar-refractivity contribution is 5.94. The molecule has 1 saturated heterocycles. The zero-order valence-electron chi connectivity index (χ0n) is 18.0. The minimum atomic E-state index is -4.77. The van der Waals surface area contributed by atoms with E-state index < -0.39 is 6.36 Å². The SMILES string of the molecule is O=C(CN1CCN(C(=O)c2cnn(-c3ccccc3)c2)CC1)Nc1ccc(OC(F)(F)F)cc1. The highest BCUT2D eigenvalue weighted by atomic mass is 19.4. The van der Waals surface area contributed by atoms with Crippen LogP contribution in [0.15, 0.2) is 67.0 Å². The van der Waals surface area contributed by atoms with Gasteiger partial charge in [0.15, 0.2) is 0 Å². The lowest BCUT2D eigenvalue weighted by Gasteiger charge is -2.34. The summed E-state index contributed by atoms with van der Waals surface area (Å²) in [5.74, 6) is -0.776. The molecule has 1 aliphatic heterocycles. The Morgan fingerprint density at radius 3 is 2.29 bits per heavy atom. The molecule has 0 atom stereocenters. The van der Waals surface area contributed by atoms with Gasteiger partial charge in [-0.05, 0) is 36.4 Å². The van der Waals surface area contributed by atoms with Crippen molar-refractivity contribution in [1.82, 2.24) is 19.6 Å². The first-order chi connectivity index (χ1) is 16.3. The van der Waals surface area contributed by atoms with E-state index in [0.29, 0.717) is 37.4 Å². The summed E-state index contributed by atoms with van der Waals surface area (Å²) in [6, 6.07) is 14.4. The fourth-order valence-corrected chi connectivity index (χ4v) is 3.59. The van der Waals surface area contributed by atoms with Gasteiger partial charge in [0, 0.05) is 38.1 Å². The molecule has 8 nitrogen and oxygen atoms in total. The van der Waals surface area contributed by atoms with Crippen LogP contribution in [0, 0.1) is 0 Å². The number of hydrogen-bond donors (Lipinski definition) is 1. The number of anilines is 1. The third-order valence-electron chi connectivity index (χ3n) is 5.25. The Morgan fingerprint density at radius 2 is 1.65 bits per heavy atom. The van der Waals surface area contributed by atoms with Crippen molar-refractivity contribution in [2.75, 3.05) is 38.0 Å². The highest BCUT2D eigenvalue weighted by Crippen LogP contribution is 2.24. The van der Waals surface area contributed by atoms with Crippen molar-refractivity contribution < 1.29 is 27.5 Å². The molecule has 1 aromatic heterocycles. The predicted octanol–water partition coefficient (Wildman–Crippen LogP) is 3.17. The molecule has 11 heteroatoms. The number of nitrogens with zero attached hydrogens (tertiary/aromatic N) is 4. The van der Waals surface area contributed by atoms with E-state index in [4.69, 9.17) is 0 Å². The third kappa shape index (κ3) is 6.13. The van der Waals surface area contributed by atoms with Gasteiger partial charge in [0.25, 0.3) is 5.91 Å². The number of benzene rings is 2. The average Bonchev–Trinajstić information content (AvgIpc) is 3.30. The second-order valence-electron chi connectivity index (χ2n) is 7.70. The van der Waals surface area contributed by atoms with E-state index in [1.165, 1.54) is 12.1 Å². The number of hydrogen-bond acceptors (Lipinski definition) is 5. The van der Waals surface area contributed by atoms with Crippen LogP contribution < -0.4 is 10.1 Å². The average molecular weight is 473 g/mol. The fourth-order valence-electron chi connectivity index (χ4n) is 3.59. The van der Waals surface area contributed by atoms with Crippen molar-refractivity contribution in [3.63, 3.8) is 0 Å². The van der Waals surface area contributed by atoms with Crippen molar-refractivity contribution in [2.45, 2.75) is 6.36 Å². The number of halogens is 3. The van der Waals surface area contributed by atoms with Crippen LogP contribution in [0.3, 0.4) is 0 Å². The first kappa shape index (κ1) is 23.3. The number of ether oxygens (including phenoxy) is 1. The summed E-state index contributed by atoms with van der Waals surface area (Å²) in [7, 11) is 0. The van der Waals surface area contributed by atoms with Gasteiger partial charge in [0.05, 0.1) is 24.0 Å². The lowest BCUT2D eigenvalue weighted by atomic mass is 10.2. The first-order valence-electron chi connectivity index (χ1n) is 10.5. The lowest BCUT2D eigenvalue weighted by Crippen LogP contribution is -2.50. The van der Waals surface area contributed by atoms with E-state index in [-0.39, 0.29) is 24.1 Å². The van der Waals surface area contributed by atoms with E-state index in [9.17, 15) is 22.8 Å². The van der Waals surface area contributed by atoms with Gasteiger partial charge < -0.3 is 15.0 Å². The minimum absolute atomic E-state index is 0.106. The van der Waals surface area contributed by atoms with Crippen molar-refractivity contribution in [1.29, 1.82) is 0 Å². The van der Waals surface area contributed by atoms with Gasteiger partial charge in [-0.1, -0.05) is 18.2 Å². The summed E-state index contributed by atoms with van der Waals surface area (Å²) in [6.45, 7) is 2.07. The van der Waals surface area contributed by atoms with Crippen LogP contribution in [0.4, 0.5) is 18.9 Å². The van der Waals surface area contributed by atoms with Crippen molar-refractivity contribution in [3.8, 4) is 11.4 Å². The molecule has 2 amide bonds. The maximum Gasteiger partial charge on any atom is 0.573 e. The van der Waals surface area contributed by atoms with Crippen molar-refractivity contribution in [2.24, 2.45) is 0 Å². The second kappa shape index (κ2) is 9.96. The molecule has 0 unspecified atom stereocenters. The number of amides is 2. The minimum Gasteiger partial charge on any atom is -0.406 e. The van der Waals surface area contributed by atoms with Crippen LogP contribution in [0.25, 0.3) is 5.69 Å². The van der Waals surface area contributed by atoms with Crippen LogP contribution >= 0.6 is 0 Å². The van der Waals surface area contributed by atoms with E-state index in [0.717, 1.165) is 17.8 Å². The quantitative estimate of drug-likeness (QED) is 0.595. The molecule has 4 rings (SSSR count). The van der Waals surface area contributed by atoms with Gasteiger partial charge in [0.1, 0.15) is 5.75 Å². The molecule has 1 fully saturated rings. The number of piperazine rings is 1. The van der Waals surface area contributed by atoms with Gasteiger partial charge >= 0.3 is 6.36 Å². The van der Waals surface area contributed by atoms with E-state index in [2.05, 4.69) is 15.2 Å². The summed E-state index contributed by atoms with van der Waals surface area (Å²) >= 11 is 0. The number of carbonyl (C=O) groups excluding carboxylic acids is 2. The van der Waals surface area contributed by atoms with Crippen LogP contribution in [0.5, 0.6) is 5.75 Å². The smallest absolute Gasteiger partial charge is 0.406 e. The number of para-hydroxylation sites is 1. The molecule has 1 aliphatic rings. The third-order valence-corrected chi connectivity index (χ3v) is 5.25. The molecular weight excluding hydrogens is 451 g/mol. The van der Waals surface area contributed by atoms with Crippen molar-refractivity contribution in [3.05, 3.63) is 72.6 Å². The Labute approximate surface area is 193 Å². The summed E-state index contributed by atoms with van der Waals surface area (Å²) in [5.41, 5.74) is 1.72. The molecule has 178 valence electrons. The molecule has 0 aliphatic carbocycles. The van der Waals surface area contributed by atoms with E-state index in [1.54, 1.807) is 22.0 Å². The summed E-state index contributed by atoms with van der Waals surface area (Å²) in [5, 5.41) is 6.91. The summed E-state index contributed by atoms with van der Waals surface area (Å²) < 4.78 is 42.2. The second-order valence-corrected chi connectivity index (χ2v) is 7.70. The zero-order valence-corrected chi connectivity index (χ0v) is 18.0. The fraction of sp³-hybridized carbons (Fsp3) is 0.261. The number of alkyl halides is 3. The van der Waals surface area contributed by atoms with Gasteiger partial charge in [-0.3, -0.25) is 14.5 Å². The van der Waals surface area contributed by atoms with Crippen LogP contribution in [-0.2, 0) is 4.79 Å². The van der Waals surface area contributed by atoms with Gasteiger partial charge in [-0.15, -0.1) is 13.2 Å². The standard InChI is InChI=1S/C23H22F3N5O3/c24-23(25,26)34-20-8-6-18(7-9-20)28-21(32)16-29-10-12-30(13-11-29)22(33)17-14-27-31(15-17)19-4-2-1-3-5-19/h1-9,14-15H,10-13,16H2,(H,28,32). The van der Waals surface area contributed by atoms with E-state index in [1.807, 2.05) is 35.2 Å². The van der Waals surface area contributed by atoms with Gasteiger partial charge in [-0.25, -0.2) is 4.68 Å². The van der Waals surface area contributed by atoms with Gasteiger partial charge in [-0.2, -0.15) is 5.10 Å². The first-order valence-corrected chi connectivity index (χ1v) is 10.5. The Kier molecular flexibility index (Phi) is 6.82. The summed E-state index contributed by atoms with van der Waals surface area (Å²) in [4.78, 5) is 28.8. The number of carbonyl (C=O) groups is 2. The molecular formula is C23H22F3N5O3. The zero-order chi connectivity index (χ0) is 24.1. The Bertz CT molecular complexity index is 1120. The predicted molar refractivity (Wildman–Crippen MR) is 118 cm³/mol. The molecule has 1 N–H and O–H groups in total. The monoisotopic (exact) mass is 473 g/mol. The molecule has 0 spiro atoms. The Balaban J connectivity index is 1.24. The molecule has 34 heavy (non-hydrogen) atoms. The Morgan fingerprint density at radius 1 is 0.971 bits per heavy atom. The number of aromatic nitrogens is 2. The molecule has 0 radical (unpaired) electrons. The molecule has 3 aromatic rings. The molecule has 0 saturated carbocycles. The van der Waals surface area contributed by atoms with Gasteiger partial charge in [0.2, 0.25) is 5.91 Å². The van der Waals surface area contributed by atoms with E-state index >= 15 is 0 Å². The summed E-state index contributed by atoms with van der Waals surface area (Å²) in [6.07, 6.45) is -1.53. The molecule has 0 bridgehead atoms. The number of rotatable bonds is 6. The molecule has 2 aromatic carbocycles. The topological polar surface area (TPSA) is 79.7 Å². The molecule has 2 heterocycles. The van der Waals surface area contributed by atoms with Crippen LogP contribution in [-0.4, -0.2) is 70.5 Å².